The summed E-state index contributed by atoms with van der Waals surface area (Å²) in [4.78, 5) is 0. The van der Waals surface area contributed by atoms with Gasteiger partial charge in [0.05, 0.1) is 13.3 Å². The Morgan fingerprint density at radius 3 is 2.63 bits per heavy atom. The van der Waals surface area contributed by atoms with Crippen molar-refractivity contribution in [2.45, 2.75) is 45.2 Å². The number of hydrogen-bond acceptors (Lipinski definition) is 4. The smallest absolute Gasteiger partial charge is 0.166 e. The van der Waals surface area contributed by atoms with Crippen LogP contribution in [0.25, 0.3) is 0 Å². The van der Waals surface area contributed by atoms with E-state index in [4.69, 9.17) is 4.74 Å². The molecule has 0 spiro atoms. The van der Waals surface area contributed by atoms with Crippen molar-refractivity contribution < 1.29 is 9.84 Å². The molecule has 4 nitrogen and oxygen atoms in total. The van der Waals surface area contributed by atoms with E-state index >= 15 is 0 Å². The molecule has 1 N–H and O–H groups in total. The van der Waals surface area contributed by atoms with Gasteiger partial charge in [-0.1, -0.05) is 6.07 Å². The number of hydrogen-bond donors (Lipinski definition) is 1. The van der Waals surface area contributed by atoms with Gasteiger partial charge in [0.25, 0.3) is 0 Å². The summed E-state index contributed by atoms with van der Waals surface area (Å²) in [5.74, 6) is 0.620. The molecule has 1 heterocycles. The maximum Gasteiger partial charge on any atom is 0.166 e. The van der Waals surface area contributed by atoms with Gasteiger partial charge in [-0.15, -0.1) is 0 Å². The summed E-state index contributed by atoms with van der Waals surface area (Å²) >= 11 is 0. The Hall–Kier alpha value is -1.71. The van der Waals surface area contributed by atoms with E-state index in [9.17, 15) is 5.11 Å². The first kappa shape index (κ1) is 13.7. The quantitative estimate of drug-likeness (QED) is 0.852. The highest BCUT2D eigenvalue weighted by atomic mass is 16.5. The Morgan fingerprint density at radius 2 is 2.00 bits per heavy atom. The van der Waals surface area contributed by atoms with Crippen LogP contribution in [-0.4, -0.2) is 35.5 Å². The second-order valence-electron chi connectivity index (χ2n) is 5.15. The lowest BCUT2D eigenvalue weighted by Gasteiger charge is -2.36. The number of ether oxygens (including phenoxy) is 1. The van der Waals surface area contributed by atoms with E-state index < -0.39 is 0 Å². The summed E-state index contributed by atoms with van der Waals surface area (Å²) < 4.78 is 5.09. The van der Waals surface area contributed by atoms with Crippen LogP contribution >= 0.6 is 0 Å². The lowest BCUT2D eigenvalue weighted by atomic mass is 10.00. The lowest BCUT2D eigenvalue weighted by Crippen LogP contribution is -2.39. The second-order valence-corrected chi connectivity index (χ2v) is 5.15. The first-order valence-electron chi connectivity index (χ1n) is 6.81. The molecule has 0 amide bonds. The molecule has 104 valence electrons. The summed E-state index contributed by atoms with van der Waals surface area (Å²) in [6.07, 6.45) is 5.33. The molecule has 1 fully saturated rings. The monoisotopic (exact) mass is 262 g/mol. The highest BCUT2D eigenvalue weighted by Gasteiger charge is 2.22. The van der Waals surface area contributed by atoms with Crippen LogP contribution in [0.4, 0.5) is 0 Å². The lowest BCUT2D eigenvalue weighted by molar-refractivity contribution is 0.109. The summed E-state index contributed by atoms with van der Waals surface area (Å²) in [6.45, 7) is 4.39. The molecule has 1 aromatic rings. The minimum atomic E-state index is 0.145. The standard InChI is InChI=1S/C15H22N2O2/c1-11-6-4-7-12(2)17(11)16-10-13-8-5-9-14(19-3)15(13)18/h5,8-12,18H,4,6-7H2,1-3H3/b16-10+/t11-,12-/m0/s1. The molecule has 1 aromatic carbocycles. The SMILES string of the molecule is COc1cccc(/C=N/N2[C@@H](C)CCC[C@@H]2C)c1O. The summed E-state index contributed by atoms with van der Waals surface area (Å²) in [6, 6.07) is 6.32. The van der Waals surface area contributed by atoms with Crippen LogP contribution in [0.2, 0.25) is 0 Å². The van der Waals surface area contributed by atoms with Crippen molar-refractivity contribution in [3.05, 3.63) is 23.8 Å². The van der Waals surface area contributed by atoms with Crippen LogP contribution in [0.15, 0.2) is 23.3 Å². The van der Waals surface area contributed by atoms with Crippen LogP contribution in [-0.2, 0) is 0 Å². The zero-order chi connectivity index (χ0) is 13.8. The van der Waals surface area contributed by atoms with Gasteiger partial charge in [-0.2, -0.15) is 5.10 Å². The summed E-state index contributed by atoms with van der Waals surface area (Å²) in [5.41, 5.74) is 0.685. The first-order valence-corrected chi connectivity index (χ1v) is 6.81. The fourth-order valence-corrected chi connectivity index (χ4v) is 2.57. The highest BCUT2D eigenvalue weighted by molar-refractivity contribution is 5.84. The van der Waals surface area contributed by atoms with Crippen LogP contribution in [0, 0.1) is 0 Å². The molecule has 4 heteroatoms. The Balaban J connectivity index is 2.18. The zero-order valence-electron chi connectivity index (χ0n) is 11.8. The molecule has 0 aromatic heterocycles. The normalized spacial score (nSPS) is 23.8. The van der Waals surface area contributed by atoms with Crippen molar-refractivity contribution in [3.63, 3.8) is 0 Å². The Kier molecular flexibility index (Phi) is 4.30. The van der Waals surface area contributed by atoms with Crippen LogP contribution < -0.4 is 4.74 Å². The van der Waals surface area contributed by atoms with Gasteiger partial charge in [-0.25, -0.2) is 0 Å². The predicted molar refractivity (Wildman–Crippen MR) is 76.9 cm³/mol. The number of methoxy groups -OCH3 is 1. The van der Waals surface area contributed by atoms with Crippen molar-refractivity contribution in [2.75, 3.05) is 7.11 Å². The molecular formula is C15H22N2O2. The van der Waals surface area contributed by atoms with Crippen molar-refractivity contribution in [1.82, 2.24) is 5.01 Å². The van der Waals surface area contributed by atoms with E-state index in [1.165, 1.54) is 19.3 Å². The van der Waals surface area contributed by atoms with Crippen LogP contribution in [0.5, 0.6) is 11.5 Å². The number of phenols is 1. The van der Waals surface area contributed by atoms with Gasteiger partial charge in [0.1, 0.15) is 0 Å². The average Bonchev–Trinajstić information content (AvgIpc) is 2.40. The number of nitrogens with zero attached hydrogens (tertiary/aromatic N) is 2. The van der Waals surface area contributed by atoms with Gasteiger partial charge in [-0.05, 0) is 45.2 Å². The van der Waals surface area contributed by atoms with Crippen LogP contribution in [0.3, 0.4) is 0 Å². The van der Waals surface area contributed by atoms with Gasteiger partial charge in [-0.3, -0.25) is 5.01 Å². The third-order valence-electron chi connectivity index (χ3n) is 3.73. The molecule has 2 rings (SSSR count). The van der Waals surface area contributed by atoms with Gasteiger partial charge >= 0.3 is 0 Å². The molecule has 1 aliphatic rings. The van der Waals surface area contributed by atoms with Crippen molar-refractivity contribution in [2.24, 2.45) is 5.10 Å². The number of hydrazone groups is 1. The molecular weight excluding hydrogens is 240 g/mol. The topological polar surface area (TPSA) is 45.1 Å². The highest BCUT2D eigenvalue weighted by Crippen LogP contribution is 2.28. The molecule has 0 saturated carbocycles. The minimum absolute atomic E-state index is 0.145. The molecule has 0 unspecified atom stereocenters. The molecule has 1 saturated heterocycles. The molecule has 0 bridgehead atoms. The third-order valence-corrected chi connectivity index (χ3v) is 3.73. The van der Waals surface area contributed by atoms with Crippen LogP contribution in [0.1, 0.15) is 38.7 Å². The summed E-state index contributed by atoms with van der Waals surface area (Å²) in [5, 5.41) is 16.7. The van der Waals surface area contributed by atoms with E-state index in [-0.39, 0.29) is 5.75 Å². The van der Waals surface area contributed by atoms with Crippen molar-refractivity contribution in [1.29, 1.82) is 0 Å². The Morgan fingerprint density at radius 1 is 1.32 bits per heavy atom. The number of para-hydroxylation sites is 1. The van der Waals surface area contributed by atoms with E-state index in [0.717, 1.165) is 0 Å². The van der Waals surface area contributed by atoms with E-state index in [0.29, 0.717) is 23.4 Å². The number of benzene rings is 1. The fourth-order valence-electron chi connectivity index (χ4n) is 2.57. The molecule has 0 aliphatic carbocycles. The molecule has 19 heavy (non-hydrogen) atoms. The zero-order valence-corrected chi connectivity index (χ0v) is 11.8. The van der Waals surface area contributed by atoms with Gasteiger partial charge in [0.2, 0.25) is 0 Å². The van der Waals surface area contributed by atoms with E-state index in [1.54, 1.807) is 19.4 Å². The number of piperidine rings is 1. The van der Waals surface area contributed by atoms with Crippen molar-refractivity contribution in [3.8, 4) is 11.5 Å². The van der Waals surface area contributed by atoms with Gasteiger partial charge in [0.15, 0.2) is 11.5 Å². The number of rotatable bonds is 3. The van der Waals surface area contributed by atoms with Gasteiger partial charge in [0, 0.05) is 17.6 Å². The Bertz CT molecular complexity index is 449. The third kappa shape index (κ3) is 3.00. The maximum absolute atomic E-state index is 10.0. The number of phenolic OH excluding ortho intramolecular Hbond substituents is 1. The maximum atomic E-state index is 10.0. The second kappa shape index (κ2) is 5.95. The summed E-state index contributed by atoms with van der Waals surface area (Å²) in [7, 11) is 1.55. The molecule has 1 aliphatic heterocycles. The van der Waals surface area contributed by atoms with Crippen molar-refractivity contribution >= 4 is 6.21 Å². The van der Waals surface area contributed by atoms with E-state index in [1.807, 2.05) is 12.1 Å². The molecule has 2 atom stereocenters. The largest absolute Gasteiger partial charge is 0.504 e. The average molecular weight is 262 g/mol. The Labute approximate surface area is 114 Å². The predicted octanol–water partition coefficient (Wildman–Crippen LogP) is 3.00. The molecule has 0 radical (unpaired) electrons. The first-order chi connectivity index (χ1) is 9.13. The van der Waals surface area contributed by atoms with E-state index in [2.05, 4.69) is 24.0 Å². The van der Waals surface area contributed by atoms with Gasteiger partial charge < -0.3 is 9.84 Å². The number of aromatic hydroxyl groups is 1. The minimum Gasteiger partial charge on any atom is -0.504 e. The fraction of sp³-hybridized carbons (Fsp3) is 0.533.